The first-order valence-electron chi connectivity index (χ1n) is 8.57. The van der Waals surface area contributed by atoms with Gasteiger partial charge in [0.05, 0.1) is 6.04 Å². The summed E-state index contributed by atoms with van der Waals surface area (Å²) in [5.41, 5.74) is 1.12. The second-order valence-electron chi connectivity index (χ2n) is 6.37. The van der Waals surface area contributed by atoms with E-state index in [1.165, 1.54) is 6.07 Å². The minimum absolute atomic E-state index is 0.133. The van der Waals surface area contributed by atoms with Crippen LogP contribution in [0.1, 0.15) is 32.4 Å². The lowest BCUT2D eigenvalue weighted by Crippen LogP contribution is -2.37. The maximum Gasteiger partial charge on any atom is 0.251 e. The van der Waals surface area contributed by atoms with Crippen LogP contribution >= 0.6 is 11.6 Å². The Morgan fingerprint density at radius 2 is 2.07 bits per heavy atom. The fraction of sp³-hybridized carbons (Fsp3) is 0.368. The van der Waals surface area contributed by atoms with Gasteiger partial charge in [-0.1, -0.05) is 37.6 Å². The minimum atomic E-state index is -0.938. The maximum atomic E-state index is 12.5. The van der Waals surface area contributed by atoms with Gasteiger partial charge < -0.3 is 20.7 Å². The third kappa shape index (κ3) is 5.72. The highest BCUT2D eigenvalue weighted by molar-refractivity contribution is 6.31. The zero-order valence-corrected chi connectivity index (χ0v) is 16.2. The molecule has 1 aromatic rings. The van der Waals surface area contributed by atoms with Crippen molar-refractivity contribution in [3.05, 3.63) is 52.3 Å². The molecule has 6 nitrogen and oxygen atoms in total. The van der Waals surface area contributed by atoms with Gasteiger partial charge in [-0.15, -0.1) is 0 Å². The molecule has 0 radical (unpaired) electrons. The van der Waals surface area contributed by atoms with Crippen LogP contribution in [0.4, 0.5) is 4.39 Å². The Kier molecular flexibility index (Phi) is 7.24. The Morgan fingerprint density at radius 1 is 1.33 bits per heavy atom. The van der Waals surface area contributed by atoms with Gasteiger partial charge in [0.15, 0.2) is 0 Å². The summed E-state index contributed by atoms with van der Waals surface area (Å²) in [6, 6.07) is 4.40. The first kappa shape index (κ1) is 20.8. The molecule has 2 rings (SSSR count). The monoisotopic (exact) mass is 395 g/mol. The van der Waals surface area contributed by atoms with E-state index in [9.17, 15) is 14.0 Å². The molecule has 0 spiro atoms. The number of alkyl halides is 1. The fourth-order valence-electron chi connectivity index (χ4n) is 2.42. The summed E-state index contributed by atoms with van der Waals surface area (Å²) in [6.07, 6.45) is 3.32. The van der Waals surface area contributed by atoms with E-state index in [1.54, 1.807) is 45.1 Å². The third-order valence-corrected chi connectivity index (χ3v) is 4.29. The molecule has 0 fully saturated rings. The van der Waals surface area contributed by atoms with Gasteiger partial charge in [-0.2, -0.15) is 0 Å². The molecule has 1 unspecified atom stereocenters. The molecule has 27 heavy (non-hydrogen) atoms. The van der Waals surface area contributed by atoms with Crippen LogP contribution in [0.2, 0.25) is 5.02 Å². The van der Waals surface area contributed by atoms with Crippen molar-refractivity contribution >= 4 is 23.4 Å². The third-order valence-electron chi connectivity index (χ3n) is 3.97. The van der Waals surface area contributed by atoms with Crippen LogP contribution in [0.3, 0.4) is 0 Å². The van der Waals surface area contributed by atoms with Crippen LogP contribution in [-0.2, 0) is 9.59 Å². The van der Waals surface area contributed by atoms with E-state index in [0.29, 0.717) is 34.3 Å². The molecule has 1 atom stereocenters. The number of hydrogen-bond donors (Lipinski definition) is 3. The first-order chi connectivity index (χ1) is 12.8. The first-order valence-corrected chi connectivity index (χ1v) is 8.95. The molecular formula is C19H23ClFN3O3. The second kappa shape index (κ2) is 9.41. The van der Waals surface area contributed by atoms with E-state index >= 15 is 0 Å². The van der Waals surface area contributed by atoms with E-state index in [4.69, 9.17) is 16.3 Å². The average molecular weight is 396 g/mol. The van der Waals surface area contributed by atoms with Gasteiger partial charge in [0, 0.05) is 23.1 Å². The van der Waals surface area contributed by atoms with Gasteiger partial charge in [0.25, 0.3) is 5.91 Å². The summed E-state index contributed by atoms with van der Waals surface area (Å²) < 4.78 is 17.0. The molecule has 1 aromatic carbocycles. The summed E-state index contributed by atoms with van der Waals surface area (Å²) in [7, 11) is 0. The number of halogens is 2. The Balaban J connectivity index is 2.04. The predicted molar refractivity (Wildman–Crippen MR) is 102 cm³/mol. The number of nitrogens with one attached hydrogen (secondary N) is 3. The van der Waals surface area contributed by atoms with Crippen LogP contribution in [0, 0.1) is 5.92 Å². The molecule has 8 heteroatoms. The highest BCUT2D eigenvalue weighted by atomic mass is 35.5. The Labute approximate surface area is 162 Å². The number of rotatable bonds is 7. The molecule has 1 aliphatic rings. The SMILES string of the molecule is CC(C)C(=O)NC1=CC(C(=O)NC(C)c2ccc(OCF)cc2Cl)=CCN1. The molecule has 0 saturated heterocycles. The molecule has 146 valence electrons. The normalized spacial score (nSPS) is 14.6. The van der Waals surface area contributed by atoms with Gasteiger partial charge in [-0.05, 0) is 30.7 Å². The van der Waals surface area contributed by atoms with Crippen LogP contribution in [-0.4, -0.2) is 25.2 Å². The maximum absolute atomic E-state index is 12.5. The van der Waals surface area contributed by atoms with Crippen molar-refractivity contribution in [1.82, 2.24) is 16.0 Å². The summed E-state index contributed by atoms with van der Waals surface area (Å²) >= 11 is 6.20. The van der Waals surface area contributed by atoms with Crippen LogP contribution < -0.4 is 20.7 Å². The lowest BCUT2D eigenvalue weighted by Gasteiger charge is -2.20. The summed E-state index contributed by atoms with van der Waals surface area (Å²) in [5, 5.41) is 8.98. The van der Waals surface area contributed by atoms with Crippen molar-refractivity contribution in [2.45, 2.75) is 26.8 Å². The molecule has 3 N–H and O–H groups in total. The van der Waals surface area contributed by atoms with Gasteiger partial charge in [0.2, 0.25) is 12.8 Å². The molecular weight excluding hydrogens is 373 g/mol. The number of dihydropyridines is 1. The second-order valence-corrected chi connectivity index (χ2v) is 6.78. The standard InChI is InChI=1S/C19H23ClFN3O3/c1-11(2)18(25)24-17-8-13(6-7-22-17)19(26)23-12(3)15-5-4-14(27-10-21)9-16(15)20/h4-6,8-9,11-12,22H,7,10H2,1-3H3,(H,23,26)(H,24,25). The number of hydrogen-bond acceptors (Lipinski definition) is 4. The lowest BCUT2D eigenvalue weighted by molar-refractivity contribution is -0.123. The van der Waals surface area contributed by atoms with Gasteiger partial charge in [0.1, 0.15) is 11.6 Å². The number of carbonyl (C=O) groups excluding carboxylic acids is 2. The van der Waals surface area contributed by atoms with Crippen LogP contribution in [0.15, 0.2) is 41.7 Å². The van der Waals surface area contributed by atoms with E-state index in [1.807, 2.05) is 0 Å². The van der Waals surface area contributed by atoms with E-state index in [2.05, 4.69) is 16.0 Å². The van der Waals surface area contributed by atoms with Gasteiger partial charge in [-0.25, -0.2) is 4.39 Å². The predicted octanol–water partition coefficient (Wildman–Crippen LogP) is 2.97. The molecule has 0 aliphatic carbocycles. The molecule has 1 heterocycles. The largest absolute Gasteiger partial charge is 0.463 e. The molecule has 0 saturated carbocycles. The molecule has 2 amide bonds. The smallest absolute Gasteiger partial charge is 0.251 e. The zero-order chi connectivity index (χ0) is 20.0. The minimum Gasteiger partial charge on any atom is -0.463 e. The van der Waals surface area contributed by atoms with Gasteiger partial charge >= 0.3 is 0 Å². The van der Waals surface area contributed by atoms with Crippen molar-refractivity contribution in [2.24, 2.45) is 5.92 Å². The number of amides is 2. The lowest BCUT2D eigenvalue weighted by atomic mass is 10.1. The number of carbonyl (C=O) groups is 2. The average Bonchev–Trinajstić information content (AvgIpc) is 2.62. The van der Waals surface area contributed by atoms with Crippen molar-refractivity contribution in [3.8, 4) is 5.75 Å². The Morgan fingerprint density at radius 3 is 2.70 bits per heavy atom. The van der Waals surface area contributed by atoms with Crippen LogP contribution in [0.5, 0.6) is 5.75 Å². The molecule has 1 aliphatic heterocycles. The van der Waals surface area contributed by atoms with E-state index in [0.717, 1.165) is 0 Å². The van der Waals surface area contributed by atoms with Crippen molar-refractivity contribution in [1.29, 1.82) is 0 Å². The zero-order valence-electron chi connectivity index (χ0n) is 15.4. The fourth-order valence-corrected chi connectivity index (χ4v) is 2.76. The Bertz CT molecular complexity index is 777. The summed E-state index contributed by atoms with van der Waals surface area (Å²) in [6.45, 7) is 4.86. The van der Waals surface area contributed by atoms with E-state index in [-0.39, 0.29) is 23.8 Å². The van der Waals surface area contributed by atoms with E-state index < -0.39 is 6.86 Å². The summed E-state index contributed by atoms with van der Waals surface area (Å²) in [5.74, 6) is 0.216. The number of ether oxygens (including phenoxy) is 1. The highest BCUT2D eigenvalue weighted by Crippen LogP contribution is 2.27. The molecule has 0 aromatic heterocycles. The number of benzene rings is 1. The Hall–Kier alpha value is -2.54. The van der Waals surface area contributed by atoms with Crippen molar-refractivity contribution in [2.75, 3.05) is 13.4 Å². The summed E-state index contributed by atoms with van der Waals surface area (Å²) in [4.78, 5) is 24.3. The highest BCUT2D eigenvalue weighted by Gasteiger charge is 2.18. The van der Waals surface area contributed by atoms with Crippen molar-refractivity contribution < 1.29 is 18.7 Å². The van der Waals surface area contributed by atoms with Crippen LogP contribution in [0.25, 0.3) is 0 Å². The topological polar surface area (TPSA) is 79.5 Å². The molecule has 0 bridgehead atoms. The van der Waals surface area contributed by atoms with Gasteiger partial charge in [-0.3, -0.25) is 9.59 Å². The van der Waals surface area contributed by atoms with Crippen molar-refractivity contribution in [3.63, 3.8) is 0 Å². The quantitative estimate of drug-likeness (QED) is 0.663.